The van der Waals surface area contributed by atoms with Crippen molar-refractivity contribution in [1.29, 1.82) is 0 Å². The summed E-state index contributed by atoms with van der Waals surface area (Å²) in [5, 5.41) is 3.20. The van der Waals surface area contributed by atoms with Crippen LogP contribution in [0.4, 0.5) is 0 Å². The van der Waals surface area contributed by atoms with E-state index in [2.05, 4.69) is 10.3 Å². The van der Waals surface area contributed by atoms with Crippen LogP contribution in [0.25, 0.3) is 0 Å². The molecule has 0 aliphatic carbocycles. The number of likely N-dealkylation sites (tertiary alicyclic amines) is 1. The monoisotopic (exact) mass is 382 g/mol. The van der Waals surface area contributed by atoms with Crippen LogP contribution in [0.5, 0.6) is 0 Å². The molecule has 3 heterocycles. The minimum Gasteiger partial charge on any atom is -0.468 e. The van der Waals surface area contributed by atoms with Crippen LogP contribution in [0, 0.1) is 11.8 Å². The fourth-order valence-corrected chi connectivity index (χ4v) is 4.44. The molecule has 2 fully saturated rings. The normalized spacial score (nSPS) is 29.2. The number of imidazole rings is 1. The molecule has 2 aromatic rings. The molecule has 2 aliphatic heterocycles. The highest BCUT2D eigenvalue weighted by Gasteiger charge is 2.67. The molecule has 2 saturated heterocycles. The van der Waals surface area contributed by atoms with Gasteiger partial charge < -0.3 is 9.30 Å². The Labute approximate surface area is 162 Å². The number of esters is 1. The van der Waals surface area contributed by atoms with E-state index >= 15 is 0 Å². The number of amides is 2. The van der Waals surface area contributed by atoms with Crippen molar-refractivity contribution in [2.45, 2.75) is 25.0 Å². The Bertz CT molecular complexity index is 941. The number of aryl methyl sites for hydroxylation is 1. The van der Waals surface area contributed by atoms with E-state index in [1.54, 1.807) is 24.0 Å². The lowest BCUT2D eigenvalue weighted by atomic mass is 9.81. The Morgan fingerprint density at radius 3 is 2.57 bits per heavy atom. The molecule has 28 heavy (non-hydrogen) atoms. The zero-order valence-corrected chi connectivity index (χ0v) is 16.0. The fraction of sp³-hybridized carbons (Fsp3) is 0.400. The van der Waals surface area contributed by atoms with Gasteiger partial charge in [0.15, 0.2) is 0 Å². The summed E-state index contributed by atoms with van der Waals surface area (Å²) in [4.78, 5) is 44.6. The van der Waals surface area contributed by atoms with Gasteiger partial charge in [0.1, 0.15) is 5.54 Å². The Morgan fingerprint density at radius 2 is 1.96 bits per heavy atom. The topological polar surface area (TPSA) is 93.5 Å². The standard InChI is InChI=1S/C20H22N4O4/c1-20(19(27)28-3)15-14(16(22-20)13-9-21-11-23(13)2)17(25)24(18(15)26)10-12-7-5-4-6-8-12/h4-9,11,14-16,22H,10H2,1-3H3/t14-,15-,16-,20-/m1/s1. The Morgan fingerprint density at radius 1 is 1.25 bits per heavy atom. The number of hydrogen-bond donors (Lipinski definition) is 1. The van der Waals surface area contributed by atoms with E-state index in [0.717, 1.165) is 11.3 Å². The predicted molar refractivity (Wildman–Crippen MR) is 98.5 cm³/mol. The third-order valence-corrected chi connectivity index (χ3v) is 5.84. The highest BCUT2D eigenvalue weighted by molar-refractivity contribution is 6.09. The molecule has 4 rings (SSSR count). The van der Waals surface area contributed by atoms with Gasteiger partial charge in [0, 0.05) is 13.2 Å². The number of benzene rings is 1. The minimum absolute atomic E-state index is 0.181. The first-order chi connectivity index (χ1) is 13.4. The molecule has 8 heteroatoms. The number of hydrogen-bond acceptors (Lipinski definition) is 6. The van der Waals surface area contributed by atoms with Crippen LogP contribution in [0.1, 0.15) is 24.2 Å². The molecule has 0 saturated carbocycles. The van der Waals surface area contributed by atoms with Crippen molar-refractivity contribution < 1.29 is 19.1 Å². The molecular weight excluding hydrogens is 360 g/mol. The second-order valence-electron chi connectivity index (χ2n) is 7.50. The summed E-state index contributed by atoms with van der Waals surface area (Å²) in [5.74, 6) is -2.74. The van der Waals surface area contributed by atoms with Gasteiger partial charge in [-0.2, -0.15) is 0 Å². The quantitative estimate of drug-likeness (QED) is 0.621. The number of aromatic nitrogens is 2. The maximum atomic E-state index is 13.3. The zero-order chi connectivity index (χ0) is 20.1. The molecule has 4 atom stereocenters. The van der Waals surface area contributed by atoms with Crippen molar-refractivity contribution in [2.75, 3.05) is 7.11 Å². The van der Waals surface area contributed by atoms with Crippen molar-refractivity contribution in [1.82, 2.24) is 19.8 Å². The van der Waals surface area contributed by atoms with Gasteiger partial charge in [-0.25, -0.2) is 4.98 Å². The molecule has 2 amide bonds. The van der Waals surface area contributed by atoms with Crippen molar-refractivity contribution in [3.63, 3.8) is 0 Å². The molecule has 0 bridgehead atoms. The van der Waals surface area contributed by atoms with Gasteiger partial charge in [-0.1, -0.05) is 30.3 Å². The summed E-state index contributed by atoms with van der Waals surface area (Å²) in [6.45, 7) is 1.81. The van der Waals surface area contributed by atoms with Crippen molar-refractivity contribution in [3.05, 3.63) is 54.1 Å². The van der Waals surface area contributed by atoms with Crippen LogP contribution in [0.2, 0.25) is 0 Å². The second-order valence-corrected chi connectivity index (χ2v) is 7.50. The first-order valence-electron chi connectivity index (χ1n) is 9.10. The van der Waals surface area contributed by atoms with E-state index in [-0.39, 0.29) is 18.4 Å². The summed E-state index contributed by atoms with van der Waals surface area (Å²) in [7, 11) is 3.10. The van der Waals surface area contributed by atoms with Crippen LogP contribution in [-0.4, -0.2) is 44.9 Å². The lowest BCUT2D eigenvalue weighted by Crippen LogP contribution is -2.53. The molecule has 0 unspecified atom stereocenters. The molecule has 1 aromatic carbocycles. The smallest absolute Gasteiger partial charge is 0.326 e. The number of rotatable bonds is 4. The minimum atomic E-state index is -1.30. The number of carbonyl (C=O) groups excluding carboxylic acids is 3. The molecular formula is C20H22N4O4. The van der Waals surface area contributed by atoms with Gasteiger partial charge in [0.2, 0.25) is 11.8 Å². The highest BCUT2D eigenvalue weighted by atomic mass is 16.5. The molecule has 2 aliphatic rings. The number of ether oxygens (including phenoxy) is 1. The van der Waals surface area contributed by atoms with E-state index in [1.165, 1.54) is 12.0 Å². The number of imide groups is 1. The average Bonchev–Trinajstić information content (AvgIpc) is 3.33. The van der Waals surface area contributed by atoms with Crippen molar-refractivity contribution in [3.8, 4) is 0 Å². The average molecular weight is 382 g/mol. The SMILES string of the molecule is COC(=O)[C@]1(C)N[C@H](c2cncn2C)[C@@H]2C(=O)N(Cc3ccccc3)C(=O)[C@@H]21. The summed E-state index contributed by atoms with van der Waals surface area (Å²) in [5.41, 5.74) is 0.298. The fourth-order valence-electron chi connectivity index (χ4n) is 4.44. The predicted octanol–water partition coefficient (Wildman–Crippen LogP) is 0.797. The third-order valence-electron chi connectivity index (χ3n) is 5.84. The molecule has 0 radical (unpaired) electrons. The van der Waals surface area contributed by atoms with Crippen LogP contribution >= 0.6 is 0 Å². The second kappa shape index (κ2) is 6.56. The van der Waals surface area contributed by atoms with Crippen LogP contribution < -0.4 is 5.32 Å². The van der Waals surface area contributed by atoms with Gasteiger partial charge in [0.05, 0.1) is 43.6 Å². The number of nitrogens with one attached hydrogen (secondary N) is 1. The van der Waals surface area contributed by atoms with Crippen LogP contribution in [0.15, 0.2) is 42.9 Å². The zero-order valence-electron chi connectivity index (χ0n) is 16.0. The molecule has 1 N–H and O–H groups in total. The van der Waals surface area contributed by atoms with E-state index in [0.29, 0.717) is 0 Å². The van der Waals surface area contributed by atoms with E-state index in [4.69, 9.17) is 4.74 Å². The Hall–Kier alpha value is -3.00. The number of nitrogens with zero attached hydrogens (tertiary/aromatic N) is 3. The number of methoxy groups -OCH3 is 1. The van der Waals surface area contributed by atoms with Gasteiger partial charge in [0.25, 0.3) is 0 Å². The number of carbonyl (C=O) groups is 3. The summed E-state index contributed by atoms with van der Waals surface area (Å²) in [6.07, 6.45) is 3.28. The Kier molecular flexibility index (Phi) is 4.30. The van der Waals surface area contributed by atoms with Crippen LogP contribution in [-0.2, 0) is 32.7 Å². The van der Waals surface area contributed by atoms with Gasteiger partial charge in [-0.05, 0) is 12.5 Å². The van der Waals surface area contributed by atoms with Gasteiger partial charge in [-0.3, -0.25) is 24.6 Å². The van der Waals surface area contributed by atoms with E-state index in [9.17, 15) is 14.4 Å². The first-order valence-corrected chi connectivity index (χ1v) is 9.10. The maximum Gasteiger partial charge on any atom is 0.326 e. The largest absolute Gasteiger partial charge is 0.468 e. The maximum absolute atomic E-state index is 13.3. The van der Waals surface area contributed by atoms with Gasteiger partial charge in [-0.15, -0.1) is 0 Å². The summed E-state index contributed by atoms with van der Waals surface area (Å²) >= 11 is 0. The molecule has 0 spiro atoms. The van der Waals surface area contributed by atoms with Crippen molar-refractivity contribution >= 4 is 17.8 Å². The lowest BCUT2D eigenvalue weighted by molar-refractivity contribution is -0.153. The van der Waals surface area contributed by atoms with Crippen molar-refractivity contribution in [2.24, 2.45) is 18.9 Å². The van der Waals surface area contributed by atoms with E-state index < -0.39 is 29.4 Å². The molecule has 146 valence electrons. The summed E-state index contributed by atoms with van der Waals surface area (Å²) in [6, 6.07) is 8.82. The lowest BCUT2D eigenvalue weighted by Gasteiger charge is -2.28. The van der Waals surface area contributed by atoms with E-state index in [1.807, 2.05) is 37.4 Å². The van der Waals surface area contributed by atoms with Gasteiger partial charge >= 0.3 is 5.97 Å². The summed E-state index contributed by atoms with van der Waals surface area (Å²) < 4.78 is 6.76. The highest BCUT2D eigenvalue weighted by Crippen LogP contribution is 2.49. The molecule has 1 aromatic heterocycles. The number of fused-ring (bicyclic) bond motifs is 1. The first kappa shape index (κ1) is 18.4. The molecule has 8 nitrogen and oxygen atoms in total. The third kappa shape index (κ3) is 2.56. The Balaban J connectivity index is 1.76. The van der Waals surface area contributed by atoms with Crippen LogP contribution in [0.3, 0.4) is 0 Å².